The van der Waals surface area contributed by atoms with E-state index in [1.54, 1.807) is 37.3 Å². The van der Waals surface area contributed by atoms with Crippen molar-refractivity contribution in [1.29, 1.82) is 0 Å². The van der Waals surface area contributed by atoms with Crippen LogP contribution < -0.4 is 4.74 Å². The van der Waals surface area contributed by atoms with E-state index >= 15 is 0 Å². The number of nitrogens with zero attached hydrogens (tertiary/aromatic N) is 1. The van der Waals surface area contributed by atoms with Crippen LogP contribution >= 0.6 is 0 Å². The summed E-state index contributed by atoms with van der Waals surface area (Å²) in [4.78, 5) is 25.0. The predicted octanol–water partition coefficient (Wildman–Crippen LogP) is 4.92. The summed E-state index contributed by atoms with van der Waals surface area (Å²) in [6.07, 6.45) is -0.880. The molecule has 0 aliphatic rings. The van der Waals surface area contributed by atoms with Gasteiger partial charge in [-0.25, -0.2) is 4.79 Å². The first-order chi connectivity index (χ1) is 14.3. The number of hydrogen-bond acceptors (Lipinski definition) is 6. The number of benzene rings is 2. The highest BCUT2D eigenvalue weighted by atomic mass is 16.5. The van der Waals surface area contributed by atoms with E-state index in [2.05, 4.69) is 5.16 Å². The van der Waals surface area contributed by atoms with Crippen molar-refractivity contribution in [3.63, 3.8) is 0 Å². The molecule has 6 heteroatoms. The fourth-order valence-corrected chi connectivity index (χ4v) is 2.96. The van der Waals surface area contributed by atoms with Gasteiger partial charge in [-0.15, -0.1) is 0 Å². The molecule has 30 heavy (non-hydrogen) atoms. The first-order valence-electron chi connectivity index (χ1n) is 9.73. The smallest absolute Gasteiger partial charge is 0.338 e. The molecular weight excluding hydrogens is 382 g/mol. The number of carbonyl (C=O) groups excluding carboxylic acids is 2. The van der Waals surface area contributed by atoms with Crippen molar-refractivity contribution in [3.8, 4) is 5.75 Å². The molecule has 1 aromatic heterocycles. The Morgan fingerprint density at radius 3 is 2.23 bits per heavy atom. The van der Waals surface area contributed by atoms with Crippen LogP contribution in [0.2, 0.25) is 0 Å². The summed E-state index contributed by atoms with van der Waals surface area (Å²) < 4.78 is 16.2. The first kappa shape index (κ1) is 21.3. The number of hydrogen-bond donors (Lipinski definition) is 0. The molecule has 0 fully saturated rings. The van der Waals surface area contributed by atoms with Crippen LogP contribution in [0, 0.1) is 27.7 Å². The molecule has 0 radical (unpaired) electrons. The van der Waals surface area contributed by atoms with E-state index in [0.717, 1.165) is 28.1 Å². The lowest BCUT2D eigenvalue weighted by Crippen LogP contribution is -2.24. The first-order valence-corrected chi connectivity index (χ1v) is 9.73. The fraction of sp³-hybridized carbons (Fsp3) is 0.292. The van der Waals surface area contributed by atoms with E-state index < -0.39 is 12.1 Å². The van der Waals surface area contributed by atoms with Gasteiger partial charge in [0, 0.05) is 5.56 Å². The molecule has 3 rings (SSSR count). The zero-order valence-electron chi connectivity index (χ0n) is 17.8. The lowest BCUT2D eigenvalue weighted by atomic mass is 10.0. The second-order valence-corrected chi connectivity index (χ2v) is 7.33. The van der Waals surface area contributed by atoms with Crippen LogP contribution in [-0.2, 0) is 11.3 Å². The molecule has 2 aromatic carbocycles. The minimum absolute atomic E-state index is 0.231. The summed E-state index contributed by atoms with van der Waals surface area (Å²) in [5.74, 6) is 0.531. The minimum Gasteiger partial charge on any atom is -0.489 e. The van der Waals surface area contributed by atoms with E-state index in [4.69, 9.17) is 14.0 Å². The quantitative estimate of drug-likeness (QED) is 0.409. The molecular formula is C24H25NO5. The largest absolute Gasteiger partial charge is 0.489 e. The van der Waals surface area contributed by atoms with E-state index in [0.29, 0.717) is 23.5 Å². The van der Waals surface area contributed by atoms with Crippen molar-refractivity contribution < 1.29 is 23.6 Å². The molecule has 6 nitrogen and oxygen atoms in total. The van der Waals surface area contributed by atoms with Gasteiger partial charge in [-0.05, 0) is 76.1 Å². The normalized spacial score (nSPS) is 11.8. The number of esters is 1. The van der Waals surface area contributed by atoms with Gasteiger partial charge < -0.3 is 14.0 Å². The Kier molecular flexibility index (Phi) is 6.35. The molecule has 156 valence electrons. The molecule has 1 atom stereocenters. The van der Waals surface area contributed by atoms with Crippen molar-refractivity contribution in [3.05, 3.63) is 81.7 Å². The van der Waals surface area contributed by atoms with Gasteiger partial charge in [-0.1, -0.05) is 17.3 Å². The Balaban J connectivity index is 1.59. The summed E-state index contributed by atoms with van der Waals surface area (Å²) in [7, 11) is 0. The average Bonchev–Trinajstić information content (AvgIpc) is 3.05. The van der Waals surface area contributed by atoms with Crippen molar-refractivity contribution in [2.45, 2.75) is 47.3 Å². The SMILES string of the molecule is Cc1ccc(C(=O)[C@@H](C)OC(=O)c2ccc(OCc3c(C)noc3C)cc2)cc1C. The van der Waals surface area contributed by atoms with Crippen LogP contribution in [0.5, 0.6) is 5.75 Å². The molecule has 0 saturated heterocycles. The Labute approximate surface area is 175 Å². The fourth-order valence-electron chi connectivity index (χ4n) is 2.96. The molecule has 3 aromatic rings. The molecule has 0 spiro atoms. The summed E-state index contributed by atoms with van der Waals surface area (Å²) in [6.45, 7) is 9.52. The maximum Gasteiger partial charge on any atom is 0.338 e. The van der Waals surface area contributed by atoms with Crippen molar-refractivity contribution in [1.82, 2.24) is 5.16 Å². The van der Waals surface area contributed by atoms with Gasteiger partial charge in [-0.2, -0.15) is 0 Å². The van der Waals surface area contributed by atoms with Crippen LogP contribution in [0.3, 0.4) is 0 Å². The zero-order valence-corrected chi connectivity index (χ0v) is 17.8. The van der Waals surface area contributed by atoms with Crippen molar-refractivity contribution in [2.24, 2.45) is 0 Å². The highest BCUT2D eigenvalue weighted by Crippen LogP contribution is 2.19. The van der Waals surface area contributed by atoms with E-state index in [1.165, 1.54) is 0 Å². The molecule has 0 aliphatic heterocycles. The Morgan fingerprint density at radius 1 is 0.967 bits per heavy atom. The van der Waals surface area contributed by atoms with Crippen molar-refractivity contribution in [2.75, 3.05) is 0 Å². The Bertz CT molecular complexity index is 1050. The lowest BCUT2D eigenvalue weighted by Gasteiger charge is -2.13. The number of ketones is 1. The van der Waals surface area contributed by atoms with Gasteiger partial charge >= 0.3 is 5.97 Å². The van der Waals surface area contributed by atoms with Crippen LogP contribution in [0.15, 0.2) is 47.0 Å². The van der Waals surface area contributed by atoms with Gasteiger partial charge in [0.2, 0.25) is 5.78 Å². The van der Waals surface area contributed by atoms with Gasteiger partial charge in [0.1, 0.15) is 18.1 Å². The minimum atomic E-state index is -0.880. The molecule has 1 heterocycles. The van der Waals surface area contributed by atoms with Crippen LogP contribution in [0.25, 0.3) is 0 Å². The molecule has 0 bridgehead atoms. The number of rotatable bonds is 7. The number of carbonyl (C=O) groups is 2. The second-order valence-electron chi connectivity index (χ2n) is 7.33. The second kappa shape index (κ2) is 8.95. The molecule has 0 aliphatic carbocycles. The molecule has 0 amide bonds. The molecule has 0 N–H and O–H groups in total. The number of aryl methyl sites for hydroxylation is 4. The maximum atomic E-state index is 12.6. The third kappa shape index (κ3) is 4.76. The van der Waals surface area contributed by atoms with E-state index in [9.17, 15) is 9.59 Å². The summed E-state index contributed by atoms with van der Waals surface area (Å²) in [6, 6.07) is 12.0. The number of ether oxygens (including phenoxy) is 2. The third-order valence-electron chi connectivity index (χ3n) is 5.10. The van der Waals surface area contributed by atoms with E-state index in [-0.39, 0.29) is 5.78 Å². The molecule has 0 saturated carbocycles. The molecule has 0 unspecified atom stereocenters. The average molecular weight is 407 g/mol. The Hall–Kier alpha value is -3.41. The van der Waals surface area contributed by atoms with Crippen LogP contribution in [0.4, 0.5) is 0 Å². The Morgan fingerprint density at radius 2 is 1.63 bits per heavy atom. The monoisotopic (exact) mass is 407 g/mol. The van der Waals surface area contributed by atoms with Crippen LogP contribution in [-0.4, -0.2) is 23.0 Å². The van der Waals surface area contributed by atoms with Crippen LogP contribution in [0.1, 0.15) is 55.8 Å². The van der Waals surface area contributed by atoms with Crippen molar-refractivity contribution >= 4 is 11.8 Å². The highest BCUT2D eigenvalue weighted by molar-refractivity contribution is 6.01. The topological polar surface area (TPSA) is 78.6 Å². The van der Waals surface area contributed by atoms with E-state index in [1.807, 2.05) is 39.8 Å². The summed E-state index contributed by atoms with van der Waals surface area (Å²) in [5.41, 5.74) is 4.69. The maximum absolute atomic E-state index is 12.6. The van der Waals surface area contributed by atoms with Gasteiger partial charge in [0.15, 0.2) is 6.10 Å². The zero-order chi connectivity index (χ0) is 21.8. The summed E-state index contributed by atoms with van der Waals surface area (Å²) >= 11 is 0. The highest BCUT2D eigenvalue weighted by Gasteiger charge is 2.21. The standard InChI is InChI=1S/C24H25NO5/c1-14-6-7-20(12-15(14)2)23(26)18(5)29-24(27)19-8-10-21(11-9-19)28-13-22-16(3)25-30-17(22)4/h6-12,18H,13H2,1-5H3/t18-/m1/s1. The lowest BCUT2D eigenvalue weighted by molar-refractivity contribution is 0.0318. The third-order valence-corrected chi connectivity index (χ3v) is 5.10. The number of Topliss-reactive ketones (excluding diaryl/α,β-unsaturated/α-hetero) is 1. The van der Waals surface area contributed by atoms with Gasteiger partial charge in [-0.3, -0.25) is 4.79 Å². The van der Waals surface area contributed by atoms with Gasteiger partial charge in [0.05, 0.1) is 16.8 Å². The van der Waals surface area contributed by atoms with Gasteiger partial charge in [0.25, 0.3) is 0 Å². The number of aromatic nitrogens is 1. The summed E-state index contributed by atoms with van der Waals surface area (Å²) in [5, 5.41) is 3.89. The predicted molar refractivity (Wildman–Crippen MR) is 112 cm³/mol.